The molecule has 52 valence electrons. The van der Waals surface area contributed by atoms with Crippen molar-refractivity contribution in [2.75, 3.05) is 0 Å². The van der Waals surface area contributed by atoms with Gasteiger partial charge >= 0.3 is 0 Å². The zero-order chi connectivity index (χ0) is 7.44. The van der Waals surface area contributed by atoms with E-state index in [9.17, 15) is 0 Å². The molecule has 0 aromatic carbocycles. The van der Waals surface area contributed by atoms with Crippen LogP contribution in [-0.2, 0) is 0 Å². The van der Waals surface area contributed by atoms with Crippen LogP contribution in [0.2, 0.25) is 0 Å². The molecular weight excluding hydrogens is 114 g/mol. The van der Waals surface area contributed by atoms with Crippen LogP contribution in [0.15, 0.2) is 11.3 Å². The van der Waals surface area contributed by atoms with E-state index < -0.39 is 0 Å². The fraction of sp³-hybridized carbons (Fsp3) is 0.571. The Bertz CT molecular complexity index is 147. The van der Waals surface area contributed by atoms with Crippen molar-refractivity contribution in [2.45, 2.75) is 27.2 Å². The Morgan fingerprint density at radius 3 is 2.00 bits per heavy atom. The molecule has 0 spiro atoms. The maximum atomic E-state index is 9.04. The Morgan fingerprint density at radius 2 is 1.89 bits per heavy atom. The summed E-state index contributed by atoms with van der Waals surface area (Å²) in [5, 5.41) is 16.2. The van der Waals surface area contributed by atoms with E-state index in [-0.39, 0.29) is 0 Å². The second kappa shape index (κ2) is 3.28. The lowest BCUT2D eigenvalue weighted by atomic mass is 10.1. The van der Waals surface area contributed by atoms with Gasteiger partial charge in [0, 0.05) is 17.7 Å². The highest BCUT2D eigenvalue weighted by molar-refractivity contribution is 5.95. The van der Waals surface area contributed by atoms with Gasteiger partial charge in [-0.2, -0.15) is 0 Å². The van der Waals surface area contributed by atoms with Crippen LogP contribution in [0.4, 0.5) is 0 Å². The summed E-state index contributed by atoms with van der Waals surface area (Å²) in [7, 11) is 0. The third-order valence-electron chi connectivity index (χ3n) is 1.33. The number of allylic oxidation sites excluding steroid dienone is 2. The van der Waals surface area contributed by atoms with Gasteiger partial charge in [-0.25, -0.2) is 0 Å². The minimum atomic E-state index is 0.322. The number of rotatable bonds is 2. The molecule has 0 unspecified atom stereocenters. The Labute approximate surface area is 55.7 Å². The van der Waals surface area contributed by atoms with Crippen molar-refractivity contribution in [1.82, 2.24) is 0 Å². The van der Waals surface area contributed by atoms with Gasteiger partial charge in [-0.1, -0.05) is 6.92 Å². The first-order valence-electron chi connectivity index (χ1n) is 3.03. The largest absolute Gasteiger partial charge is 0.512 e. The second-order valence-electron chi connectivity index (χ2n) is 2.05. The first kappa shape index (κ1) is 8.21. The molecule has 0 aliphatic heterocycles. The zero-order valence-corrected chi connectivity index (χ0v) is 6.15. The number of aliphatic hydroxyl groups excluding tert-OH is 1. The van der Waals surface area contributed by atoms with Crippen molar-refractivity contribution in [3.63, 3.8) is 0 Å². The standard InChI is InChI=1S/C7H13NO/c1-4-7(9)5(2)6(3)8/h8-9H,4H2,1-3H3. The first-order chi connectivity index (χ1) is 4.09. The minimum Gasteiger partial charge on any atom is -0.512 e. The van der Waals surface area contributed by atoms with Crippen molar-refractivity contribution in [3.8, 4) is 0 Å². The summed E-state index contributed by atoms with van der Waals surface area (Å²) >= 11 is 0. The topological polar surface area (TPSA) is 44.1 Å². The van der Waals surface area contributed by atoms with Crippen LogP contribution < -0.4 is 0 Å². The second-order valence-corrected chi connectivity index (χ2v) is 2.05. The summed E-state index contributed by atoms with van der Waals surface area (Å²) in [4.78, 5) is 0. The van der Waals surface area contributed by atoms with E-state index in [1.165, 1.54) is 0 Å². The molecule has 0 rings (SSSR count). The third kappa shape index (κ3) is 2.31. The molecular formula is C7H13NO. The molecule has 0 aliphatic rings. The summed E-state index contributed by atoms with van der Waals surface area (Å²) in [5.41, 5.74) is 1.13. The van der Waals surface area contributed by atoms with E-state index >= 15 is 0 Å². The van der Waals surface area contributed by atoms with E-state index in [0.717, 1.165) is 0 Å². The highest BCUT2D eigenvalue weighted by Crippen LogP contribution is 2.04. The average molecular weight is 127 g/mol. The van der Waals surface area contributed by atoms with Gasteiger partial charge in [0.1, 0.15) is 0 Å². The molecule has 2 nitrogen and oxygen atoms in total. The first-order valence-corrected chi connectivity index (χ1v) is 3.03. The van der Waals surface area contributed by atoms with Crippen molar-refractivity contribution in [3.05, 3.63) is 11.3 Å². The molecule has 9 heavy (non-hydrogen) atoms. The fourth-order valence-electron chi connectivity index (χ4n) is 0.482. The van der Waals surface area contributed by atoms with Gasteiger partial charge in [0.2, 0.25) is 0 Å². The van der Waals surface area contributed by atoms with Gasteiger partial charge in [0.15, 0.2) is 0 Å². The van der Waals surface area contributed by atoms with Gasteiger partial charge in [-0.15, -0.1) is 0 Å². The van der Waals surface area contributed by atoms with Gasteiger partial charge in [0.25, 0.3) is 0 Å². The van der Waals surface area contributed by atoms with E-state index in [2.05, 4.69) is 0 Å². The van der Waals surface area contributed by atoms with Gasteiger partial charge in [0.05, 0.1) is 5.76 Å². The monoisotopic (exact) mass is 127 g/mol. The highest BCUT2D eigenvalue weighted by Gasteiger charge is 1.97. The van der Waals surface area contributed by atoms with Crippen molar-refractivity contribution < 1.29 is 5.11 Å². The summed E-state index contributed by atoms with van der Waals surface area (Å²) in [6, 6.07) is 0. The molecule has 0 saturated carbocycles. The van der Waals surface area contributed by atoms with Gasteiger partial charge in [-0.05, 0) is 13.8 Å². The molecule has 0 aromatic heterocycles. The molecule has 2 N–H and O–H groups in total. The Hall–Kier alpha value is -0.790. The quantitative estimate of drug-likeness (QED) is 0.433. The molecule has 0 heterocycles. The Balaban J connectivity index is 4.28. The molecule has 0 aromatic rings. The molecule has 0 bridgehead atoms. The lowest BCUT2D eigenvalue weighted by Gasteiger charge is -1.99. The lowest BCUT2D eigenvalue weighted by Crippen LogP contribution is -1.95. The van der Waals surface area contributed by atoms with Crippen molar-refractivity contribution >= 4 is 5.71 Å². The Kier molecular flexibility index (Phi) is 2.99. The number of nitrogens with one attached hydrogen (secondary N) is 1. The minimum absolute atomic E-state index is 0.322. The van der Waals surface area contributed by atoms with Crippen molar-refractivity contribution in [1.29, 1.82) is 5.41 Å². The molecule has 2 heteroatoms. The fourth-order valence-corrected chi connectivity index (χ4v) is 0.482. The van der Waals surface area contributed by atoms with Crippen LogP contribution in [0, 0.1) is 5.41 Å². The van der Waals surface area contributed by atoms with Crippen LogP contribution in [0.3, 0.4) is 0 Å². The summed E-state index contributed by atoms with van der Waals surface area (Å²) in [6.07, 6.45) is 0.613. The van der Waals surface area contributed by atoms with Gasteiger partial charge in [-0.3, -0.25) is 0 Å². The summed E-state index contributed by atoms with van der Waals surface area (Å²) in [6.45, 7) is 5.28. The van der Waals surface area contributed by atoms with Crippen molar-refractivity contribution in [2.24, 2.45) is 0 Å². The maximum absolute atomic E-state index is 9.04. The van der Waals surface area contributed by atoms with Crippen LogP contribution in [-0.4, -0.2) is 10.8 Å². The lowest BCUT2D eigenvalue weighted by molar-refractivity contribution is 0.390. The average Bonchev–Trinajstić information content (AvgIpc) is 1.84. The van der Waals surface area contributed by atoms with E-state index in [1.54, 1.807) is 13.8 Å². The SMILES string of the molecule is CCC(O)=C(C)C(C)=N. The van der Waals surface area contributed by atoms with E-state index in [4.69, 9.17) is 10.5 Å². The van der Waals surface area contributed by atoms with Gasteiger partial charge < -0.3 is 10.5 Å². The molecule has 0 saturated heterocycles. The van der Waals surface area contributed by atoms with Crippen LogP contribution >= 0.6 is 0 Å². The maximum Gasteiger partial charge on any atom is 0.0966 e. The number of hydrogen-bond donors (Lipinski definition) is 2. The van der Waals surface area contributed by atoms with E-state index in [0.29, 0.717) is 23.5 Å². The normalized spacial score (nSPS) is 12.8. The highest BCUT2D eigenvalue weighted by atomic mass is 16.3. The smallest absolute Gasteiger partial charge is 0.0966 e. The van der Waals surface area contributed by atoms with Crippen LogP contribution in [0.1, 0.15) is 27.2 Å². The van der Waals surface area contributed by atoms with Crippen LogP contribution in [0.25, 0.3) is 0 Å². The number of hydrogen-bond acceptors (Lipinski definition) is 2. The molecule has 0 radical (unpaired) electrons. The molecule has 0 atom stereocenters. The third-order valence-corrected chi connectivity index (χ3v) is 1.33. The summed E-state index contributed by atoms with van der Waals surface area (Å²) in [5.74, 6) is 0.322. The number of aliphatic hydroxyl groups is 1. The predicted molar refractivity (Wildman–Crippen MR) is 39.0 cm³/mol. The van der Waals surface area contributed by atoms with E-state index in [1.807, 2.05) is 6.92 Å². The summed E-state index contributed by atoms with van der Waals surface area (Å²) < 4.78 is 0. The van der Waals surface area contributed by atoms with Crippen LogP contribution in [0.5, 0.6) is 0 Å². The molecule has 0 amide bonds. The molecule has 0 fully saturated rings. The Morgan fingerprint density at radius 1 is 1.44 bits per heavy atom. The predicted octanol–water partition coefficient (Wildman–Crippen LogP) is 2.27. The zero-order valence-electron chi connectivity index (χ0n) is 6.15. The molecule has 0 aliphatic carbocycles.